The fourth-order valence-electron chi connectivity index (χ4n) is 4.03. The van der Waals surface area contributed by atoms with Crippen LogP contribution in [0.5, 0.6) is 11.5 Å². The Balaban J connectivity index is 1.70. The summed E-state index contributed by atoms with van der Waals surface area (Å²) in [6.45, 7) is 7.01. The first kappa shape index (κ1) is 33.6. The van der Waals surface area contributed by atoms with Crippen molar-refractivity contribution >= 4 is 35.5 Å². The number of halogens is 1. The molecule has 0 saturated carbocycles. The Morgan fingerprint density at radius 2 is 1.44 bits per heavy atom. The van der Waals surface area contributed by atoms with Gasteiger partial charge in [0.05, 0.1) is 18.3 Å². The molecule has 0 bridgehead atoms. The molecule has 0 aliphatic carbocycles. The molecule has 0 radical (unpaired) electrons. The molecule has 2 aromatic carbocycles. The summed E-state index contributed by atoms with van der Waals surface area (Å²) in [6, 6.07) is 11.6. The predicted molar refractivity (Wildman–Crippen MR) is 152 cm³/mol. The Kier molecular flexibility index (Phi) is 11.8. The first-order chi connectivity index (χ1) is 20.3. The van der Waals surface area contributed by atoms with Crippen LogP contribution >= 0.6 is 11.6 Å². The second-order valence-electron chi connectivity index (χ2n) is 10.4. The van der Waals surface area contributed by atoms with Gasteiger partial charge in [-0.25, -0.2) is 19.2 Å². The molecule has 13 heteroatoms. The average Bonchev–Trinajstić information content (AvgIpc) is 3.33. The number of ether oxygens (including phenoxy) is 6. The molecular formula is C30H36ClNO11. The Morgan fingerprint density at radius 1 is 0.860 bits per heavy atom. The van der Waals surface area contributed by atoms with Gasteiger partial charge in [0, 0.05) is 17.6 Å². The van der Waals surface area contributed by atoms with E-state index in [1.807, 2.05) is 6.92 Å². The lowest BCUT2D eigenvalue weighted by Crippen LogP contribution is -2.56. The first-order valence-electron chi connectivity index (χ1n) is 13.7. The van der Waals surface area contributed by atoms with Crippen LogP contribution in [0.15, 0.2) is 42.5 Å². The van der Waals surface area contributed by atoms with Crippen LogP contribution in [0, 0.1) is 0 Å². The summed E-state index contributed by atoms with van der Waals surface area (Å²) in [4.78, 5) is 50.1. The molecule has 0 saturated heterocycles. The lowest BCUT2D eigenvalue weighted by molar-refractivity contribution is -0.205. The number of nitrogens with one attached hydrogen (secondary N) is 1. The summed E-state index contributed by atoms with van der Waals surface area (Å²) in [5.41, 5.74) is 1.43. The molecule has 0 amide bonds. The van der Waals surface area contributed by atoms with E-state index in [9.17, 15) is 24.3 Å². The number of benzene rings is 2. The number of esters is 4. The number of rotatable bonds is 14. The molecule has 234 valence electrons. The highest BCUT2D eigenvalue weighted by Gasteiger charge is 2.60. The third kappa shape index (κ3) is 9.57. The van der Waals surface area contributed by atoms with Crippen LogP contribution < -0.4 is 14.8 Å². The van der Waals surface area contributed by atoms with E-state index in [4.69, 9.17) is 40.0 Å². The highest BCUT2D eigenvalue weighted by Crippen LogP contribution is 2.41. The summed E-state index contributed by atoms with van der Waals surface area (Å²) in [5, 5.41) is 14.3. The fraction of sp³-hybridized carbons (Fsp3) is 0.467. The highest BCUT2D eigenvalue weighted by atomic mass is 35.5. The maximum Gasteiger partial charge on any atom is 0.453 e. The van der Waals surface area contributed by atoms with Crippen molar-refractivity contribution in [2.75, 3.05) is 19.8 Å². The van der Waals surface area contributed by atoms with Crippen molar-refractivity contribution in [3.05, 3.63) is 58.6 Å². The van der Waals surface area contributed by atoms with Gasteiger partial charge in [-0.3, -0.25) is 0 Å². The van der Waals surface area contributed by atoms with Crippen LogP contribution in [0.25, 0.3) is 0 Å². The maximum atomic E-state index is 13.1. The molecule has 2 N–H and O–H groups in total. The van der Waals surface area contributed by atoms with Crippen LogP contribution in [-0.4, -0.2) is 72.8 Å². The topological polar surface area (TPSA) is 156 Å². The SMILES string of the molecule is CC(C)OC(=O)COC(=O)C1(C(=O)OCC(=O)OC(C)C)Oc2ccc(C[C@@H](C)NC[C@H](O)c3cccc(Cl)c3)cc2O1. The average molecular weight is 622 g/mol. The normalized spacial score (nSPS) is 14.6. The third-order valence-electron chi connectivity index (χ3n) is 5.86. The predicted octanol–water partition coefficient (Wildman–Crippen LogP) is 3.05. The van der Waals surface area contributed by atoms with Gasteiger partial charge in [0.1, 0.15) is 0 Å². The minimum Gasteiger partial charge on any atom is -0.460 e. The number of aliphatic hydroxyl groups excluding tert-OH is 1. The van der Waals surface area contributed by atoms with Gasteiger partial charge in [0.2, 0.25) is 0 Å². The molecule has 1 aliphatic heterocycles. The van der Waals surface area contributed by atoms with Gasteiger partial charge in [0.25, 0.3) is 0 Å². The molecule has 3 rings (SSSR count). The van der Waals surface area contributed by atoms with Crippen molar-refractivity contribution in [2.45, 2.75) is 71.2 Å². The van der Waals surface area contributed by atoms with E-state index in [2.05, 4.69) is 5.32 Å². The van der Waals surface area contributed by atoms with Crippen molar-refractivity contribution in [1.29, 1.82) is 0 Å². The zero-order chi connectivity index (χ0) is 31.7. The Labute approximate surface area is 254 Å². The largest absolute Gasteiger partial charge is 0.460 e. The van der Waals surface area contributed by atoms with Crippen LogP contribution in [0.3, 0.4) is 0 Å². The molecule has 0 aromatic heterocycles. The molecule has 2 aromatic rings. The van der Waals surface area contributed by atoms with Gasteiger partial charge >= 0.3 is 29.7 Å². The van der Waals surface area contributed by atoms with Gasteiger partial charge in [-0.2, -0.15) is 0 Å². The zero-order valence-electron chi connectivity index (χ0n) is 24.6. The minimum absolute atomic E-state index is 0.0316. The number of fused-ring (bicyclic) bond motifs is 1. The maximum absolute atomic E-state index is 13.1. The minimum atomic E-state index is -2.78. The first-order valence-corrected chi connectivity index (χ1v) is 14.1. The van der Waals surface area contributed by atoms with Crippen LogP contribution in [0.2, 0.25) is 5.02 Å². The number of aliphatic hydroxyl groups is 1. The van der Waals surface area contributed by atoms with E-state index in [1.165, 1.54) is 6.07 Å². The van der Waals surface area contributed by atoms with E-state index in [0.29, 0.717) is 17.0 Å². The molecule has 0 spiro atoms. The monoisotopic (exact) mass is 621 g/mol. The molecule has 1 aliphatic rings. The molecular weight excluding hydrogens is 586 g/mol. The molecule has 43 heavy (non-hydrogen) atoms. The molecule has 0 fully saturated rings. The number of carbonyl (C=O) groups excluding carboxylic acids is 4. The second-order valence-corrected chi connectivity index (χ2v) is 10.9. The van der Waals surface area contributed by atoms with Crippen LogP contribution in [-0.2, 0) is 44.5 Å². The lowest BCUT2D eigenvalue weighted by atomic mass is 10.1. The quantitative estimate of drug-likeness (QED) is 0.181. The van der Waals surface area contributed by atoms with E-state index in [1.54, 1.807) is 64.1 Å². The van der Waals surface area contributed by atoms with Crippen molar-refractivity contribution < 1.29 is 52.7 Å². The lowest BCUT2D eigenvalue weighted by Gasteiger charge is -2.23. The summed E-state index contributed by atoms with van der Waals surface area (Å²) in [6.07, 6.45) is -1.22. The highest BCUT2D eigenvalue weighted by molar-refractivity contribution is 6.30. The summed E-state index contributed by atoms with van der Waals surface area (Å²) in [7, 11) is 0. The van der Waals surface area contributed by atoms with E-state index < -0.39 is 61.2 Å². The Morgan fingerprint density at radius 3 is 2.00 bits per heavy atom. The van der Waals surface area contributed by atoms with E-state index >= 15 is 0 Å². The van der Waals surface area contributed by atoms with Gasteiger partial charge in [0.15, 0.2) is 24.7 Å². The number of hydrogen-bond acceptors (Lipinski definition) is 12. The molecule has 0 unspecified atom stereocenters. The summed E-state index contributed by atoms with van der Waals surface area (Å²) in [5.74, 6) is -7.17. The van der Waals surface area contributed by atoms with Gasteiger partial charge in [-0.15, -0.1) is 0 Å². The van der Waals surface area contributed by atoms with E-state index in [0.717, 1.165) is 5.56 Å². The molecule has 1 heterocycles. The van der Waals surface area contributed by atoms with Crippen LogP contribution in [0.1, 0.15) is 51.8 Å². The standard InChI is InChI=1S/C30H36ClNO11/c1-17(2)40-26(34)15-38-28(36)30(29(37)39-16-27(35)41-18(3)4)42-24-10-9-20(12-25(24)43-30)11-19(5)32-14-23(33)21-7-6-8-22(31)13-21/h6-10,12-13,17-19,23,32-33H,11,14-16H2,1-5H3/t19-,23+/m1/s1. The number of hydrogen-bond donors (Lipinski definition) is 2. The van der Waals surface area contributed by atoms with Crippen molar-refractivity contribution in [3.63, 3.8) is 0 Å². The van der Waals surface area contributed by atoms with Gasteiger partial charge in [-0.1, -0.05) is 29.8 Å². The van der Waals surface area contributed by atoms with Crippen molar-refractivity contribution in [2.24, 2.45) is 0 Å². The van der Waals surface area contributed by atoms with E-state index in [-0.39, 0.29) is 24.1 Å². The van der Waals surface area contributed by atoms with Crippen molar-refractivity contribution in [1.82, 2.24) is 5.32 Å². The number of carbonyl (C=O) groups is 4. The van der Waals surface area contributed by atoms with Crippen molar-refractivity contribution in [3.8, 4) is 11.5 Å². The summed E-state index contributed by atoms with van der Waals surface area (Å²) < 4.78 is 31.2. The zero-order valence-corrected chi connectivity index (χ0v) is 25.3. The third-order valence-corrected chi connectivity index (χ3v) is 6.10. The fourth-order valence-corrected chi connectivity index (χ4v) is 4.23. The smallest absolute Gasteiger partial charge is 0.453 e. The molecule has 2 atom stereocenters. The Bertz CT molecular complexity index is 1270. The van der Waals surface area contributed by atoms with Gasteiger partial charge < -0.3 is 38.8 Å². The summed E-state index contributed by atoms with van der Waals surface area (Å²) >= 11 is 6.01. The second kappa shape index (κ2) is 15.0. The van der Waals surface area contributed by atoms with Gasteiger partial charge in [-0.05, 0) is 76.4 Å². The molecule has 12 nitrogen and oxygen atoms in total. The Hall–Kier alpha value is -3.87. The van der Waals surface area contributed by atoms with Crippen LogP contribution in [0.4, 0.5) is 0 Å².